The van der Waals surface area contributed by atoms with Gasteiger partial charge in [-0.2, -0.15) is 0 Å². The Kier molecular flexibility index (Phi) is 6.08. The first-order chi connectivity index (χ1) is 13.5. The quantitative estimate of drug-likeness (QED) is 0.697. The molecule has 0 unspecified atom stereocenters. The summed E-state index contributed by atoms with van der Waals surface area (Å²) in [6.45, 7) is 0.838. The Balaban J connectivity index is 1.81. The van der Waals surface area contributed by atoms with Gasteiger partial charge in [0.05, 0.1) is 39.2 Å². The van der Waals surface area contributed by atoms with Crippen molar-refractivity contribution in [1.82, 2.24) is 14.5 Å². The van der Waals surface area contributed by atoms with E-state index in [0.29, 0.717) is 13.0 Å². The van der Waals surface area contributed by atoms with E-state index in [2.05, 4.69) is 9.72 Å². The van der Waals surface area contributed by atoms with Gasteiger partial charge in [-0.25, -0.2) is 9.78 Å². The number of hydrogen-bond donors (Lipinski definition) is 0. The van der Waals surface area contributed by atoms with Crippen molar-refractivity contribution < 1.29 is 23.9 Å². The molecule has 1 aromatic heterocycles. The van der Waals surface area contributed by atoms with Crippen LogP contribution in [-0.4, -0.2) is 52.6 Å². The molecule has 28 heavy (non-hydrogen) atoms. The summed E-state index contributed by atoms with van der Waals surface area (Å²) in [5.74, 6) is -1.25. The smallest absolute Gasteiger partial charge is 0.328 e. The van der Waals surface area contributed by atoms with Gasteiger partial charge >= 0.3 is 11.9 Å². The number of carbonyl (C=O) groups is 3. The molecule has 0 N–H and O–H groups in total. The highest BCUT2D eigenvalue weighted by atomic mass is 16.5. The second-order valence-corrected chi connectivity index (χ2v) is 6.59. The Morgan fingerprint density at radius 2 is 1.86 bits per heavy atom. The van der Waals surface area contributed by atoms with E-state index in [1.807, 2.05) is 34.9 Å². The molecule has 2 heterocycles. The summed E-state index contributed by atoms with van der Waals surface area (Å²) in [4.78, 5) is 42.2. The highest BCUT2D eigenvalue weighted by molar-refractivity contribution is 5.87. The second kappa shape index (κ2) is 8.69. The van der Waals surface area contributed by atoms with Gasteiger partial charge in [0, 0.05) is 25.1 Å². The first-order valence-electron chi connectivity index (χ1n) is 9.04. The Hall–Kier alpha value is -3.16. The minimum absolute atomic E-state index is 0.0276. The first kappa shape index (κ1) is 19.6. The predicted octanol–water partition coefficient (Wildman–Crippen LogP) is 1.31. The fourth-order valence-corrected chi connectivity index (χ4v) is 3.36. The largest absolute Gasteiger partial charge is 0.469 e. The van der Waals surface area contributed by atoms with Crippen molar-refractivity contribution in [2.75, 3.05) is 14.2 Å². The maximum Gasteiger partial charge on any atom is 0.328 e. The van der Waals surface area contributed by atoms with Crippen molar-refractivity contribution in [2.45, 2.75) is 38.4 Å². The van der Waals surface area contributed by atoms with Gasteiger partial charge in [-0.1, -0.05) is 30.3 Å². The number of esters is 2. The van der Waals surface area contributed by atoms with Crippen LogP contribution in [0.15, 0.2) is 36.7 Å². The van der Waals surface area contributed by atoms with E-state index in [1.165, 1.54) is 19.1 Å². The van der Waals surface area contributed by atoms with Crippen LogP contribution in [-0.2, 0) is 43.4 Å². The number of nitrogens with zero attached hydrogens (tertiary/aromatic N) is 3. The molecule has 2 aromatic rings. The van der Waals surface area contributed by atoms with Crippen molar-refractivity contribution in [1.29, 1.82) is 0 Å². The number of imidazole rings is 1. The molecule has 0 saturated heterocycles. The molecule has 0 spiro atoms. The van der Waals surface area contributed by atoms with Crippen molar-refractivity contribution in [3.63, 3.8) is 0 Å². The first-order valence-corrected chi connectivity index (χ1v) is 9.04. The molecule has 1 amide bonds. The summed E-state index contributed by atoms with van der Waals surface area (Å²) in [5.41, 5.74) is 2.78. The number of ether oxygens (including phenoxy) is 2. The van der Waals surface area contributed by atoms with Crippen molar-refractivity contribution in [3.05, 3.63) is 53.6 Å². The molecule has 0 bridgehead atoms. The molecule has 3 rings (SSSR count). The van der Waals surface area contributed by atoms with Crippen LogP contribution in [0.5, 0.6) is 0 Å². The molecule has 0 aliphatic carbocycles. The summed E-state index contributed by atoms with van der Waals surface area (Å²) in [7, 11) is 2.58. The number of rotatable bonds is 6. The molecule has 0 radical (unpaired) electrons. The standard InChI is InChI=1S/C20H23N3O5/c1-27-19(25)9-8-18(24)23-12-15-16(10-17(23)20(26)28-2)22(13-21-15)11-14-6-4-3-5-7-14/h3-7,13,17H,8-12H2,1-2H3/t17-/m0/s1. The highest BCUT2D eigenvalue weighted by Crippen LogP contribution is 2.25. The summed E-state index contributed by atoms with van der Waals surface area (Å²) in [5, 5.41) is 0. The topological polar surface area (TPSA) is 90.7 Å². The fourth-order valence-electron chi connectivity index (χ4n) is 3.36. The van der Waals surface area contributed by atoms with E-state index in [0.717, 1.165) is 17.0 Å². The van der Waals surface area contributed by atoms with Gasteiger partial charge in [0.25, 0.3) is 0 Å². The Labute approximate surface area is 163 Å². The Morgan fingerprint density at radius 3 is 2.54 bits per heavy atom. The lowest BCUT2D eigenvalue weighted by atomic mass is 10.0. The van der Waals surface area contributed by atoms with Crippen LogP contribution in [0, 0.1) is 0 Å². The molecule has 1 atom stereocenters. The van der Waals surface area contributed by atoms with Crippen LogP contribution >= 0.6 is 0 Å². The lowest BCUT2D eigenvalue weighted by Crippen LogP contribution is -2.49. The van der Waals surface area contributed by atoms with Crippen molar-refractivity contribution >= 4 is 17.8 Å². The minimum atomic E-state index is -0.742. The third kappa shape index (κ3) is 4.21. The lowest BCUT2D eigenvalue weighted by Gasteiger charge is -2.34. The van der Waals surface area contributed by atoms with Gasteiger partial charge in [-0.15, -0.1) is 0 Å². The van der Waals surface area contributed by atoms with E-state index in [4.69, 9.17) is 4.74 Å². The van der Waals surface area contributed by atoms with E-state index in [1.54, 1.807) is 6.33 Å². The third-order valence-electron chi connectivity index (χ3n) is 4.88. The summed E-state index contributed by atoms with van der Waals surface area (Å²) in [6, 6.07) is 9.20. The SMILES string of the molecule is COC(=O)CCC(=O)N1Cc2ncn(Cc3ccccc3)c2C[C@H]1C(=O)OC. The van der Waals surface area contributed by atoms with E-state index < -0.39 is 18.0 Å². The van der Waals surface area contributed by atoms with Crippen molar-refractivity contribution in [2.24, 2.45) is 0 Å². The van der Waals surface area contributed by atoms with E-state index >= 15 is 0 Å². The van der Waals surface area contributed by atoms with Crippen LogP contribution in [0.4, 0.5) is 0 Å². The maximum atomic E-state index is 12.6. The molecule has 148 valence electrons. The lowest BCUT2D eigenvalue weighted by molar-refractivity contribution is -0.154. The zero-order valence-electron chi connectivity index (χ0n) is 16.0. The average Bonchev–Trinajstić information content (AvgIpc) is 3.12. The third-order valence-corrected chi connectivity index (χ3v) is 4.88. The summed E-state index contributed by atoms with van der Waals surface area (Å²) in [6.07, 6.45) is 1.99. The molecule has 1 aromatic carbocycles. The van der Waals surface area contributed by atoms with Gasteiger partial charge in [-0.3, -0.25) is 9.59 Å². The molecule has 1 aliphatic rings. The van der Waals surface area contributed by atoms with Crippen LogP contribution in [0.25, 0.3) is 0 Å². The number of methoxy groups -OCH3 is 2. The van der Waals surface area contributed by atoms with Crippen molar-refractivity contribution in [3.8, 4) is 0 Å². The highest BCUT2D eigenvalue weighted by Gasteiger charge is 2.37. The summed E-state index contributed by atoms with van der Waals surface area (Å²) >= 11 is 0. The van der Waals surface area contributed by atoms with Crippen LogP contribution in [0.2, 0.25) is 0 Å². The number of benzene rings is 1. The molecule has 8 heteroatoms. The number of fused-ring (bicyclic) bond motifs is 1. The predicted molar refractivity (Wildman–Crippen MR) is 99.1 cm³/mol. The fraction of sp³-hybridized carbons (Fsp3) is 0.400. The normalized spacial score (nSPS) is 15.6. The molecular weight excluding hydrogens is 362 g/mol. The van der Waals surface area contributed by atoms with E-state index in [-0.39, 0.29) is 25.3 Å². The zero-order valence-corrected chi connectivity index (χ0v) is 16.0. The maximum absolute atomic E-state index is 12.6. The van der Waals surface area contributed by atoms with Crippen LogP contribution in [0.3, 0.4) is 0 Å². The monoisotopic (exact) mass is 385 g/mol. The molecule has 0 saturated carbocycles. The van der Waals surface area contributed by atoms with Gasteiger partial charge < -0.3 is 18.9 Å². The number of hydrogen-bond acceptors (Lipinski definition) is 6. The molecule has 1 aliphatic heterocycles. The van der Waals surface area contributed by atoms with Gasteiger partial charge in [-0.05, 0) is 5.56 Å². The summed E-state index contributed by atoms with van der Waals surface area (Å²) < 4.78 is 11.5. The van der Waals surface area contributed by atoms with Crippen LogP contribution < -0.4 is 0 Å². The Bertz CT molecular complexity index is 862. The second-order valence-electron chi connectivity index (χ2n) is 6.59. The molecular formula is C20H23N3O5. The van der Waals surface area contributed by atoms with Gasteiger partial charge in [0.1, 0.15) is 6.04 Å². The zero-order chi connectivity index (χ0) is 20.1. The van der Waals surface area contributed by atoms with Gasteiger partial charge in [0.15, 0.2) is 0 Å². The Morgan fingerprint density at radius 1 is 1.11 bits per heavy atom. The van der Waals surface area contributed by atoms with Gasteiger partial charge in [0.2, 0.25) is 5.91 Å². The number of amides is 1. The average molecular weight is 385 g/mol. The number of carbonyl (C=O) groups excluding carboxylic acids is 3. The number of aromatic nitrogens is 2. The molecule has 0 fully saturated rings. The molecule has 8 nitrogen and oxygen atoms in total. The minimum Gasteiger partial charge on any atom is -0.469 e. The van der Waals surface area contributed by atoms with E-state index in [9.17, 15) is 14.4 Å². The van der Waals surface area contributed by atoms with Crippen LogP contribution in [0.1, 0.15) is 29.8 Å².